The van der Waals surface area contributed by atoms with Crippen molar-refractivity contribution in [2.45, 2.75) is 12.1 Å². The molecule has 1 amide bonds. The van der Waals surface area contributed by atoms with Crippen molar-refractivity contribution >= 4 is 24.0 Å². The molecule has 0 aromatic heterocycles. The quantitative estimate of drug-likeness (QED) is 0.481. The van der Waals surface area contributed by atoms with Crippen molar-refractivity contribution in [3.63, 3.8) is 0 Å². The number of piperazine rings is 1. The number of alkyl halides is 3. The molecular weight excluding hydrogens is 475 g/mol. The second-order valence-corrected chi connectivity index (χ2v) is 8.42. The van der Waals surface area contributed by atoms with E-state index in [0.29, 0.717) is 31.9 Å². The minimum atomic E-state index is -4.34. The lowest BCUT2D eigenvalue weighted by Crippen LogP contribution is -2.48. The molecule has 3 aromatic rings. The molecule has 0 radical (unpaired) electrons. The fourth-order valence-electron chi connectivity index (χ4n) is 4.33. The maximum absolute atomic E-state index is 13.1. The van der Waals surface area contributed by atoms with Crippen LogP contribution in [0.2, 0.25) is 0 Å². The number of anilines is 1. The fourth-order valence-corrected chi connectivity index (χ4v) is 4.33. The molecule has 0 bridgehead atoms. The molecule has 0 atom stereocenters. The van der Waals surface area contributed by atoms with Crippen molar-refractivity contribution in [1.29, 1.82) is 0 Å². The van der Waals surface area contributed by atoms with Crippen molar-refractivity contribution in [2.24, 2.45) is 0 Å². The van der Waals surface area contributed by atoms with Gasteiger partial charge in [0.1, 0.15) is 0 Å². The molecule has 0 unspecified atom stereocenters. The van der Waals surface area contributed by atoms with Crippen LogP contribution in [0.15, 0.2) is 84.9 Å². The Kier molecular flexibility index (Phi) is 9.18. The van der Waals surface area contributed by atoms with Crippen molar-refractivity contribution in [2.75, 3.05) is 44.2 Å². The van der Waals surface area contributed by atoms with Gasteiger partial charge in [-0.15, -0.1) is 12.4 Å². The summed E-state index contributed by atoms with van der Waals surface area (Å²) in [6, 6.07) is 24.9. The van der Waals surface area contributed by atoms with Crippen LogP contribution >= 0.6 is 12.4 Å². The van der Waals surface area contributed by atoms with Crippen molar-refractivity contribution < 1.29 is 18.0 Å². The number of rotatable bonds is 7. The summed E-state index contributed by atoms with van der Waals surface area (Å²) in [7, 11) is 0. The predicted octanol–water partition coefficient (Wildman–Crippen LogP) is 5.20. The summed E-state index contributed by atoms with van der Waals surface area (Å²) in [5.74, 6) is -0.417. The third kappa shape index (κ3) is 6.99. The van der Waals surface area contributed by atoms with Crippen LogP contribution in [-0.2, 0) is 11.0 Å². The Labute approximate surface area is 210 Å². The Hall–Kier alpha value is -3.03. The molecule has 0 spiro atoms. The van der Waals surface area contributed by atoms with E-state index < -0.39 is 11.7 Å². The van der Waals surface area contributed by atoms with E-state index in [0.717, 1.165) is 30.3 Å². The number of halogens is 4. The largest absolute Gasteiger partial charge is 0.416 e. The highest BCUT2D eigenvalue weighted by Gasteiger charge is 2.31. The second kappa shape index (κ2) is 12.1. The van der Waals surface area contributed by atoms with Crippen molar-refractivity contribution in [3.05, 3.63) is 102 Å². The Morgan fingerprint density at radius 1 is 0.829 bits per heavy atom. The molecule has 4 nitrogen and oxygen atoms in total. The molecule has 0 saturated carbocycles. The highest BCUT2D eigenvalue weighted by atomic mass is 35.5. The molecule has 1 heterocycles. The first-order chi connectivity index (χ1) is 16.4. The van der Waals surface area contributed by atoms with Gasteiger partial charge in [0.2, 0.25) is 5.91 Å². The van der Waals surface area contributed by atoms with Gasteiger partial charge in [0, 0.05) is 45.0 Å². The molecule has 3 aromatic carbocycles. The average molecular weight is 504 g/mol. The first kappa shape index (κ1) is 26.6. The van der Waals surface area contributed by atoms with Crippen molar-refractivity contribution in [1.82, 2.24) is 10.2 Å². The van der Waals surface area contributed by atoms with Crippen LogP contribution in [0.3, 0.4) is 0 Å². The molecule has 186 valence electrons. The number of hydrogen-bond acceptors (Lipinski definition) is 3. The lowest BCUT2D eigenvalue weighted by atomic mass is 9.90. The van der Waals surface area contributed by atoms with Gasteiger partial charge in [-0.3, -0.25) is 9.69 Å². The molecule has 35 heavy (non-hydrogen) atoms. The second-order valence-electron chi connectivity index (χ2n) is 8.42. The van der Waals surface area contributed by atoms with Gasteiger partial charge in [0.15, 0.2) is 0 Å². The van der Waals surface area contributed by atoms with Gasteiger partial charge in [-0.25, -0.2) is 0 Å². The van der Waals surface area contributed by atoms with Crippen LogP contribution in [-0.4, -0.2) is 50.1 Å². The highest BCUT2D eigenvalue weighted by Crippen LogP contribution is 2.32. The Bertz CT molecular complexity index is 1030. The van der Waals surface area contributed by atoms with Gasteiger partial charge in [-0.1, -0.05) is 66.7 Å². The molecular formula is C27H29ClF3N3O. The third-order valence-electron chi connectivity index (χ3n) is 6.17. The Morgan fingerprint density at radius 2 is 1.40 bits per heavy atom. The van der Waals surface area contributed by atoms with Crippen LogP contribution in [0.25, 0.3) is 0 Å². The van der Waals surface area contributed by atoms with Gasteiger partial charge in [-0.2, -0.15) is 13.2 Å². The van der Waals surface area contributed by atoms with Crippen LogP contribution in [0.5, 0.6) is 0 Å². The molecule has 1 aliphatic heterocycles. The van der Waals surface area contributed by atoms with Gasteiger partial charge < -0.3 is 10.2 Å². The number of nitrogens with zero attached hydrogens (tertiary/aromatic N) is 2. The maximum Gasteiger partial charge on any atom is 0.416 e. The van der Waals surface area contributed by atoms with Crippen LogP contribution in [0, 0.1) is 0 Å². The zero-order chi connectivity index (χ0) is 24.0. The summed E-state index contributed by atoms with van der Waals surface area (Å²) in [5.41, 5.74) is 1.86. The predicted molar refractivity (Wildman–Crippen MR) is 135 cm³/mol. The van der Waals surface area contributed by atoms with E-state index in [9.17, 15) is 18.0 Å². The average Bonchev–Trinajstić information content (AvgIpc) is 2.86. The number of nitrogens with one attached hydrogen (secondary N) is 1. The van der Waals surface area contributed by atoms with Gasteiger partial charge >= 0.3 is 6.18 Å². The highest BCUT2D eigenvalue weighted by molar-refractivity contribution is 5.87. The SMILES string of the molecule is Cl.O=C(NCCN1CCN(c2cccc(C(F)(F)F)c2)CC1)C(c1ccccc1)c1ccccc1. The maximum atomic E-state index is 13.1. The lowest BCUT2D eigenvalue weighted by molar-refractivity contribution is -0.137. The van der Waals surface area contributed by atoms with Gasteiger partial charge in [0.25, 0.3) is 0 Å². The third-order valence-corrected chi connectivity index (χ3v) is 6.17. The number of hydrogen-bond donors (Lipinski definition) is 1. The zero-order valence-electron chi connectivity index (χ0n) is 19.2. The summed E-state index contributed by atoms with van der Waals surface area (Å²) >= 11 is 0. The summed E-state index contributed by atoms with van der Waals surface area (Å²) in [4.78, 5) is 17.3. The van der Waals surface area contributed by atoms with E-state index in [-0.39, 0.29) is 24.2 Å². The molecule has 1 fully saturated rings. The summed E-state index contributed by atoms with van der Waals surface area (Å²) in [6.45, 7) is 3.95. The summed E-state index contributed by atoms with van der Waals surface area (Å²) in [6.07, 6.45) is -4.34. The smallest absolute Gasteiger partial charge is 0.369 e. The molecule has 0 aliphatic carbocycles. The first-order valence-electron chi connectivity index (χ1n) is 11.4. The number of carbonyl (C=O) groups excluding carboxylic acids is 1. The normalized spacial score (nSPS) is 14.5. The minimum absolute atomic E-state index is 0. The van der Waals surface area contributed by atoms with E-state index in [2.05, 4.69) is 10.2 Å². The Morgan fingerprint density at radius 3 is 1.94 bits per heavy atom. The standard InChI is InChI=1S/C27H28F3N3O.ClH/c28-27(29,30)23-12-7-13-24(20-23)33-18-16-32(17-19-33)15-14-31-26(34)25(21-8-3-1-4-9-21)22-10-5-2-6-11-22;/h1-13,20,25H,14-19H2,(H,31,34);1H. The molecule has 1 saturated heterocycles. The molecule has 4 rings (SSSR count). The topological polar surface area (TPSA) is 35.6 Å². The molecule has 8 heteroatoms. The summed E-state index contributed by atoms with van der Waals surface area (Å²) < 4.78 is 39.0. The van der Waals surface area contributed by atoms with Gasteiger partial charge in [0.05, 0.1) is 11.5 Å². The van der Waals surface area contributed by atoms with E-state index in [1.165, 1.54) is 12.1 Å². The fraction of sp³-hybridized carbons (Fsp3) is 0.296. The lowest BCUT2D eigenvalue weighted by Gasteiger charge is -2.36. The molecule has 1 aliphatic rings. The van der Waals surface area contributed by atoms with Crippen LogP contribution in [0.4, 0.5) is 18.9 Å². The van der Waals surface area contributed by atoms with Gasteiger partial charge in [-0.05, 0) is 29.3 Å². The zero-order valence-corrected chi connectivity index (χ0v) is 20.1. The van der Waals surface area contributed by atoms with E-state index in [1.54, 1.807) is 6.07 Å². The van der Waals surface area contributed by atoms with Crippen LogP contribution < -0.4 is 10.2 Å². The number of amides is 1. The number of benzene rings is 3. The van der Waals surface area contributed by atoms with E-state index in [4.69, 9.17) is 0 Å². The molecule has 1 N–H and O–H groups in total. The first-order valence-corrected chi connectivity index (χ1v) is 11.4. The minimum Gasteiger partial charge on any atom is -0.369 e. The van der Waals surface area contributed by atoms with Crippen LogP contribution in [0.1, 0.15) is 22.6 Å². The Balaban J connectivity index is 0.00000342. The van der Waals surface area contributed by atoms with Crippen molar-refractivity contribution in [3.8, 4) is 0 Å². The van der Waals surface area contributed by atoms with E-state index >= 15 is 0 Å². The summed E-state index contributed by atoms with van der Waals surface area (Å²) in [5, 5.41) is 3.07. The van der Waals surface area contributed by atoms with E-state index in [1.807, 2.05) is 65.6 Å². The monoisotopic (exact) mass is 503 g/mol. The number of carbonyl (C=O) groups is 1.